The van der Waals surface area contributed by atoms with Crippen LogP contribution in [0.1, 0.15) is 18.1 Å². The lowest BCUT2D eigenvalue weighted by atomic mass is 9.65. The van der Waals surface area contributed by atoms with Gasteiger partial charge in [0.05, 0.1) is 17.6 Å². The second-order valence-electron chi connectivity index (χ2n) is 6.00. The van der Waals surface area contributed by atoms with Gasteiger partial charge >= 0.3 is 0 Å². The zero-order chi connectivity index (χ0) is 14.9. The topological polar surface area (TPSA) is 55.5 Å². The molecule has 2 aromatic carbocycles. The zero-order valence-corrected chi connectivity index (χ0v) is 12.3. The number of nitrogens with two attached hydrogens (primary N) is 1. The summed E-state index contributed by atoms with van der Waals surface area (Å²) in [4.78, 5) is 0. The van der Waals surface area contributed by atoms with Gasteiger partial charge in [0.15, 0.2) is 0 Å². The van der Waals surface area contributed by atoms with Crippen molar-refractivity contribution in [1.29, 1.82) is 0 Å². The fourth-order valence-electron chi connectivity index (χ4n) is 3.13. The summed E-state index contributed by atoms with van der Waals surface area (Å²) in [5.41, 5.74) is 6.48. The summed E-state index contributed by atoms with van der Waals surface area (Å²) >= 11 is 0. The lowest BCUT2D eigenvalue weighted by Crippen LogP contribution is -2.55. The van der Waals surface area contributed by atoms with Gasteiger partial charge < -0.3 is 15.6 Å². The molecule has 3 N–H and O–H groups in total. The average molecular weight is 283 g/mol. The third kappa shape index (κ3) is 2.23. The molecule has 3 heteroatoms. The van der Waals surface area contributed by atoms with Crippen LogP contribution in [0.3, 0.4) is 0 Å². The molecule has 21 heavy (non-hydrogen) atoms. The van der Waals surface area contributed by atoms with Gasteiger partial charge in [-0.25, -0.2) is 0 Å². The number of benzene rings is 2. The number of ether oxygens (including phenoxy) is 1. The van der Waals surface area contributed by atoms with Crippen LogP contribution in [0.5, 0.6) is 5.75 Å². The molecule has 2 unspecified atom stereocenters. The highest BCUT2D eigenvalue weighted by Crippen LogP contribution is 2.46. The molecule has 1 aliphatic heterocycles. The summed E-state index contributed by atoms with van der Waals surface area (Å²) in [5, 5.41) is 11.2. The first kappa shape index (κ1) is 14.1. The number of para-hydroxylation sites is 1. The summed E-state index contributed by atoms with van der Waals surface area (Å²) < 4.78 is 5.90. The molecule has 0 saturated carbocycles. The lowest BCUT2D eigenvalue weighted by Gasteiger charge is -2.47. The molecule has 0 aromatic heterocycles. The van der Waals surface area contributed by atoms with Gasteiger partial charge in [0.2, 0.25) is 0 Å². The largest absolute Gasteiger partial charge is 0.493 e. The van der Waals surface area contributed by atoms with Crippen LogP contribution < -0.4 is 10.5 Å². The Hall–Kier alpha value is -1.84. The summed E-state index contributed by atoms with van der Waals surface area (Å²) in [6, 6.07) is 17.7. The fourth-order valence-corrected chi connectivity index (χ4v) is 3.13. The zero-order valence-electron chi connectivity index (χ0n) is 12.3. The Morgan fingerprint density at radius 2 is 1.81 bits per heavy atom. The van der Waals surface area contributed by atoms with E-state index in [0.717, 1.165) is 16.9 Å². The number of fused-ring (bicyclic) bond motifs is 1. The standard InChI is InChI=1S/C18H21NO2/c1-17(20,15-8-3-2-4-9-15)18(12-19)11-14-7-5-6-10-16(14)21-13-18/h2-10,20H,11-13,19H2,1H3. The van der Waals surface area contributed by atoms with Crippen molar-refractivity contribution >= 4 is 0 Å². The van der Waals surface area contributed by atoms with E-state index in [4.69, 9.17) is 10.5 Å². The maximum absolute atomic E-state index is 11.2. The predicted molar refractivity (Wildman–Crippen MR) is 83.1 cm³/mol. The van der Waals surface area contributed by atoms with Crippen LogP contribution in [0.4, 0.5) is 0 Å². The van der Waals surface area contributed by atoms with Crippen LogP contribution >= 0.6 is 0 Å². The molecule has 1 aliphatic rings. The van der Waals surface area contributed by atoms with Crippen molar-refractivity contribution in [3.8, 4) is 5.75 Å². The summed E-state index contributed by atoms with van der Waals surface area (Å²) in [6.45, 7) is 2.62. The highest BCUT2D eigenvalue weighted by atomic mass is 16.5. The van der Waals surface area contributed by atoms with Crippen molar-refractivity contribution in [1.82, 2.24) is 0 Å². The molecule has 0 aliphatic carbocycles. The van der Waals surface area contributed by atoms with Crippen LogP contribution in [0, 0.1) is 5.41 Å². The molecule has 0 saturated heterocycles. The van der Waals surface area contributed by atoms with Crippen LogP contribution in [-0.2, 0) is 12.0 Å². The Morgan fingerprint density at radius 1 is 1.14 bits per heavy atom. The molecule has 1 heterocycles. The Morgan fingerprint density at radius 3 is 2.52 bits per heavy atom. The maximum Gasteiger partial charge on any atom is 0.122 e. The molecule has 110 valence electrons. The SMILES string of the molecule is CC(O)(c1ccccc1)C1(CN)COc2ccccc2C1. The average Bonchev–Trinajstić information content (AvgIpc) is 2.55. The quantitative estimate of drug-likeness (QED) is 0.910. The van der Waals surface area contributed by atoms with E-state index < -0.39 is 11.0 Å². The first-order chi connectivity index (χ1) is 10.1. The van der Waals surface area contributed by atoms with E-state index in [0.29, 0.717) is 19.6 Å². The van der Waals surface area contributed by atoms with E-state index in [1.165, 1.54) is 0 Å². The first-order valence-electron chi connectivity index (χ1n) is 7.28. The van der Waals surface area contributed by atoms with Gasteiger partial charge in [-0.1, -0.05) is 48.5 Å². The van der Waals surface area contributed by atoms with E-state index in [1.54, 1.807) is 0 Å². The molecular formula is C18H21NO2. The molecule has 0 spiro atoms. The Kier molecular flexibility index (Phi) is 3.47. The molecular weight excluding hydrogens is 262 g/mol. The smallest absolute Gasteiger partial charge is 0.122 e. The second-order valence-corrected chi connectivity index (χ2v) is 6.00. The normalized spacial score (nSPS) is 23.8. The molecule has 0 radical (unpaired) electrons. The number of hydrogen-bond acceptors (Lipinski definition) is 3. The second kappa shape index (κ2) is 5.17. The first-order valence-corrected chi connectivity index (χ1v) is 7.28. The number of hydrogen-bond donors (Lipinski definition) is 2. The molecule has 0 bridgehead atoms. The lowest BCUT2D eigenvalue weighted by molar-refractivity contribution is -0.1000. The molecule has 2 aromatic rings. The van der Waals surface area contributed by atoms with Crippen molar-refractivity contribution in [2.24, 2.45) is 11.1 Å². The van der Waals surface area contributed by atoms with Crippen molar-refractivity contribution in [2.45, 2.75) is 18.9 Å². The van der Waals surface area contributed by atoms with Crippen LogP contribution in [0.25, 0.3) is 0 Å². The summed E-state index contributed by atoms with van der Waals surface area (Å²) in [5.74, 6) is 0.894. The van der Waals surface area contributed by atoms with Crippen LogP contribution in [0.15, 0.2) is 54.6 Å². The highest BCUT2D eigenvalue weighted by molar-refractivity contribution is 5.38. The van der Waals surface area contributed by atoms with E-state index >= 15 is 0 Å². The minimum atomic E-state index is -1.05. The minimum Gasteiger partial charge on any atom is -0.493 e. The molecule has 3 nitrogen and oxygen atoms in total. The van der Waals surface area contributed by atoms with Crippen molar-refractivity contribution in [3.63, 3.8) is 0 Å². The molecule has 0 amide bonds. The van der Waals surface area contributed by atoms with E-state index in [9.17, 15) is 5.11 Å². The van der Waals surface area contributed by atoms with Gasteiger partial charge in [-0.15, -0.1) is 0 Å². The number of rotatable bonds is 3. The van der Waals surface area contributed by atoms with Crippen molar-refractivity contribution in [2.75, 3.05) is 13.2 Å². The Bertz CT molecular complexity index is 624. The Labute approximate surface area is 125 Å². The van der Waals surface area contributed by atoms with Gasteiger partial charge in [-0.2, -0.15) is 0 Å². The summed E-state index contributed by atoms with van der Waals surface area (Å²) in [7, 11) is 0. The van der Waals surface area contributed by atoms with Crippen molar-refractivity contribution in [3.05, 3.63) is 65.7 Å². The molecule has 0 fully saturated rings. The van der Waals surface area contributed by atoms with Crippen molar-refractivity contribution < 1.29 is 9.84 Å². The number of aliphatic hydroxyl groups is 1. The fraction of sp³-hybridized carbons (Fsp3) is 0.333. The van der Waals surface area contributed by atoms with E-state index in [1.807, 2.05) is 61.5 Å². The monoisotopic (exact) mass is 283 g/mol. The van der Waals surface area contributed by atoms with Gasteiger partial charge in [0, 0.05) is 6.54 Å². The van der Waals surface area contributed by atoms with Crippen LogP contribution in [-0.4, -0.2) is 18.3 Å². The third-order valence-electron chi connectivity index (χ3n) is 4.76. The Balaban J connectivity index is 2.02. The summed E-state index contributed by atoms with van der Waals surface area (Å²) in [6.07, 6.45) is 0.710. The van der Waals surface area contributed by atoms with Crippen LogP contribution in [0.2, 0.25) is 0 Å². The minimum absolute atomic E-state index is 0.364. The molecule has 3 rings (SSSR count). The van der Waals surface area contributed by atoms with Gasteiger partial charge in [-0.3, -0.25) is 0 Å². The van der Waals surface area contributed by atoms with Gasteiger partial charge in [0.1, 0.15) is 5.75 Å². The predicted octanol–water partition coefficient (Wildman–Crippen LogP) is 2.47. The van der Waals surface area contributed by atoms with Gasteiger partial charge in [0.25, 0.3) is 0 Å². The van der Waals surface area contributed by atoms with E-state index in [2.05, 4.69) is 0 Å². The highest BCUT2D eigenvalue weighted by Gasteiger charge is 2.50. The molecule has 2 atom stereocenters. The maximum atomic E-state index is 11.2. The third-order valence-corrected chi connectivity index (χ3v) is 4.76. The van der Waals surface area contributed by atoms with E-state index in [-0.39, 0.29) is 0 Å². The van der Waals surface area contributed by atoms with Gasteiger partial charge in [-0.05, 0) is 30.5 Å².